The van der Waals surface area contributed by atoms with E-state index in [-0.39, 0.29) is 28.3 Å². The largest absolute Gasteiger partial charge is 0.507 e. The lowest BCUT2D eigenvalue weighted by Gasteiger charge is -2.16. The second-order valence-electron chi connectivity index (χ2n) is 8.43. The number of phenols is 1. The Bertz CT molecular complexity index is 1310. The molecular weight excluding hydrogens is 464 g/mol. The molecule has 0 bridgehead atoms. The van der Waals surface area contributed by atoms with Gasteiger partial charge in [-0.15, -0.1) is 0 Å². The van der Waals surface area contributed by atoms with Gasteiger partial charge < -0.3 is 23.7 Å². The van der Waals surface area contributed by atoms with E-state index in [1.165, 1.54) is 14.0 Å². The molecule has 0 aliphatic rings. The van der Waals surface area contributed by atoms with E-state index >= 15 is 0 Å². The first-order valence-electron chi connectivity index (χ1n) is 12.1. The van der Waals surface area contributed by atoms with Crippen molar-refractivity contribution < 1.29 is 33.3 Å². The number of aromatic hydroxyl groups is 1. The molecule has 0 spiro atoms. The highest BCUT2D eigenvalue weighted by atomic mass is 16.5. The average Bonchev–Trinajstić information content (AvgIpc) is 2.86. The molecule has 0 unspecified atom stereocenters. The fourth-order valence-corrected chi connectivity index (χ4v) is 4.03. The summed E-state index contributed by atoms with van der Waals surface area (Å²) in [7, 11) is 1.23. The van der Waals surface area contributed by atoms with Crippen LogP contribution in [0.2, 0.25) is 0 Å². The number of rotatable bonds is 12. The Balaban J connectivity index is 1.74. The highest BCUT2D eigenvalue weighted by molar-refractivity contribution is 5.97. The highest BCUT2D eigenvalue weighted by Crippen LogP contribution is 2.33. The van der Waals surface area contributed by atoms with Crippen molar-refractivity contribution in [3.8, 4) is 17.2 Å². The first-order valence-corrected chi connectivity index (χ1v) is 12.1. The maximum Gasteiger partial charge on any atom is 0.374 e. The molecule has 0 atom stereocenters. The molecule has 0 amide bonds. The molecule has 8 nitrogen and oxygen atoms in total. The number of ether oxygens (including phenoxy) is 3. The third kappa shape index (κ3) is 5.87. The fraction of sp³-hybridized carbons (Fsp3) is 0.393. The van der Waals surface area contributed by atoms with Gasteiger partial charge in [0.15, 0.2) is 11.2 Å². The standard InChI is InChI=1S/C28H32O8/c1-5-8-20-23(12-10-18(17(3)29)26(20)31)34-14-7-15-35-24-13-11-19-22(30)16-25(28(32)33-4)36-27(19)21(24)9-6-2/h10-13,16,31H,5-9,14-15H2,1-4H3. The predicted molar refractivity (Wildman–Crippen MR) is 136 cm³/mol. The summed E-state index contributed by atoms with van der Waals surface area (Å²) < 4.78 is 22.4. The van der Waals surface area contributed by atoms with Gasteiger partial charge in [-0.2, -0.15) is 0 Å². The van der Waals surface area contributed by atoms with Crippen molar-refractivity contribution >= 4 is 22.7 Å². The molecule has 0 aliphatic carbocycles. The van der Waals surface area contributed by atoms with Crippen LogP contribution < -0.4 is 14.9 Å². The van der Waals surface area contributed by atoms with Gasteiger partial charge in [-0.1, -0.05) is 26.7 Å². The number of hydrogen-bond acceptors (Lipinski definition) is 8. The van der Waals surface area contributed by atoms with E-state index in [0.29, 0.717) is 66.1 Å². The quantitative estimate of drug-likeness (QED) is 0.206. The topological polar surface area (TPSA) is 112 Å². The van der Waals surface area contributed by atoms with Crippen LogP contribution >= 0.6 is 0 Å². The lowest BCUT2D eigenvalue weighted by Crippen LogP contribution is -2.11. The van der Waals surface area contributed by atoms with Crippen LogP contribution in [0.4, 0.5) is 0 Å². The molecular formula is C28H32O8. The van der Waals surface area contributed by atoms with Gasteiger partial charge in [-0.05, 0) is 44.0 Å². The van der Waals surface area contributed by atoms with Crippen LogP contribution in [0, 0.1) is 0 Å². The Labute approximate surface area is 209 Å². The van der Waals surface area contributed by atoms with Crippen molar-refractivity contribution in [1.82, 2.24) is 0 Å². The van der Waals surface area contributed by atoms with Crippen molar-refractivity contribution in [3.63, 3.8) is 0 Å². The van der Waals surface area contributed by atoms with E-state index in [0.717, 1.165) is 18.9 Å². The molecule has 1 aromatic heterocycles. The number of Topliss-reactive ketones (excluding diaryl/α,β-unsaturated/α-hetero) is 1. The molecule has 0 aliphatic heterocycles. The Morgan fingerprint density at radius 3 is 2.17 bits per heavy atom. The number of aryl methyl sites for hydroxylation is 1. The molecule has 1 heterocycles. The van der Waals surface area contributed by atoms with Crippen LogP contribution in [0.1, 0.15) is 72.1 Å². The minimum atomic E-state index is -0.718. The van der Waals surface area contributed by atoms with Crippen LogP contribution in [0.25, 0.3) is 11.0 Å². The Hall–Kier alpha value is -3.81. The van der Waals surface area contributed by atoms with Gasteiger partial charge in [0.2, 0.25) is 5.76 Å². The first kappa shape index (κ1) is 26.8. The van der Waals surface area contributed by atoms with Gasteiger partial charge in [0.05, 0.1) is 31.3 Å². The SMILES string of the molecule is CCCc1c(OCCCOc2ccc3c(=O)cc(C(=O)OC)oc3c2CCC)ccc(C(C)=O)c1O. The van der Waals surface area contributed by atoms with Crippen molar-refractivity contribution in [2.75, 3.05) is 20.3 Å². The smallest absolute Gasteiger partial charge is 0.374 e. The normalized spacial score (nSPS) is 10.9. The summed E-state index contributed by atoms with van der Waals surface area (Å²) in [4.78, 5) is 36.2. The number of carbonyl (C=O) groups is 2. The fourth-order valence-electron chi connectivity index (χ4n) is 4.03. The number of esters is 1. The second kappa shape index (κ2) is 12.2. The predicted octanol–water partition coefficient (Wildman–Crippen LogP) is 5.24. The molecule has 2 aromatic carbocycles. The van der Waals surface area contributed by atoms with Crippen molar-refractivity contribution in [2.45, 2.75) is 52.9 Å². The molecule has 1 N–H and O–H groups in total. The number of ketones is 1. The summed E-state index contributed by atoms with van der Waals surface area (Å²) in [6.07, 6.45) is 3.32. The zero-order valence-corrected chi connectivity index (χ0v) is 21.1. The van der Waals surface area contributed by atoms with Crippen LogP contribution in [-0.2, 0) is 17.6 Å². The van der Waals surface area contributed by atoms with Crippen molar-refractivity contribution in [1.29, 1.82) is 0 Å². The molecule has 36 heavy (non-hydrogen) atoms. The lowest BCUT2D eigenvalue weighted by atomic mass is 10.0. The third-order valence-corrected chi connectivity index (χ3v) is 5.77. The molecule has 0 saturated heterocycles. The minimum absolute atomic E-state index is 0.0220. The molecule has 3 aromatic rings. The van der Waals surface area contributed by atoms with Crippen LogP contribution in [-0.4, -0.2) is 37.2 Å². The maximum atomic E-state index is 12.5. The highest BCUT2D eigenvalue weighted by Gasteiger charge is 2.18. The number of benzene rings is 2. The van der Waals surface area contributed by atoms with Gasteiger partial charge in [-0.3, -0.25) is 9.59 Å². The summed E-state index contributed by atoms with van der Waals surface area (Å²) in [5.74, 6) is 0.0342. The van der Waals surface area contributed by atoms with E-state index in [1.807, 2.05) is 13.8 Å². The van der Waals surface area contributed by atoms with Gasteiger partial charge in [0, 0.05) is 23.6 Å². The summed E-state index contributed by atoms with van der Waals surface area (Å²) >= 11 is 0. The molecule has 8 heteroatoms. The molecule has 0 fully saturated rings. The summed E-state index contributed by atoms with van der Waals surface area (Å²) in [6, 6.07) is 7.79. The maximum absolute atomic E-state index is 12.5. The number of hydrogen-bond donors (Lipinski definition) is 1. The summed E-state index contributed by atoms with van der Waals surface area (Å²) in [5.41, 5.74) is 1.63. The number of carbonyl (C=O) groups excluding carboxylic acids is 2. The molecule has 3 rings (SSSR count). The summed E-state index contributed by atoms with van der Waals surface area (Å²) in [6.45, 7) is 6.09. The van der Waals surface area contributed by atoms with E-state index in [2.05, 4.69) is 0 Å². The molecule has 0 saturated carbocycles. The number of fused-ring (bicyclic) bond motifs is 1. The van der Waals surface area contributed by atoms with E-state index in [1.54, 1.807) is 24.3 Å². The van der Waals surface area contributed by atoms with Gasteiger partial charge in [0.25, 0.3) is 0 Å². The lowest BCUT2D eigenvalue weighted by molar-refractivity contribution is 0.0565. The zero-order chi connectivity index (χ0) is 26.2. The average molecular weight is 497 g/mol. The van der Waals surface area contributed by atoms with Gasteiger partial charge in [0.1, 0.15) is 22.8 Å². The number of methoxy groups -OCH3 is 1. The monoisotopic (exact) mass is 496 g/mol. The van der Waals surface area contributed by atoms with E-state index in [4.69, 9.17) is 18.6 Å². The number of phenolic OH excluding ortho intramolecular Hbond substituents is 1. The third-order valence-electron chi connectivity index (χ3n) is 5.77. The second-order valence-corrected chi connectivity index (χ2v) is 8.43. The summed E-state index contributed by atoms with van der Waals surface area (Å²) in [5, 5.41) is 10.9. The molecule has 192 valence electrons. The Morgan fingerprint density at radius 2 is 1.56 bits per heavy atom. The van der Waals surface area contributed by atoms with E-state index < -0.39 is 5.97 Å². The minimum Gasteiger partial charge on any atom is -0.507 e. The Kier molecular flexibility index (Phi) is 9.11. The van der Waals surface area contributed by atoms with Crippen molar-refractivity contribution in [3.05, 3.63) is 63.0 Å². The van der Waals surface area contributed by atoms with Gasteiger partial charge in [-0.25, -0.2) is 4.79 Å². The molecule has 0 radical (unpaired) electrons. The Morgan fingerprint density at radius 1 is 0.944 bits per heavy atom. The van der Waals surface area contributed by atoms with Crippen LogP contribution in [0.15, 0.2) is 39.5 Å². The zero-order valence-electron chi connectivity index (χ0n) is 21.1. The first-order chi connectivity index (χ1) is 17.3. The van der Waals surface area contributed by atoms with Crippen molar-refractivity contribution in [2.24, 2.45) is 0 Å². The van der Waals surface area contributed by atoms with Crippen LogP contribution in [0.3, 0.4) is 0 Å². The van der Waals surface area contributed by atoms with Crippen LogP contribution in [0.5, 0.6) is 17.2 Å². The van der Waals surface area contributed by atoms with Gasteiger partial charge >= 0.3 is 5.97 Å². The van der Waals surface area contributed by atoms with E-state index in [9.17, 15) is 19.5 Å².